The molecule has 2 aromatic heterocycles. The van der Waals surface area contributed by atoms with Crippen molar-refractivity contribution in [3.05, 3.63) is 51.7 Å². The second kappa shape index (κ2) is 8.95. The molecule has 0 spiro atoms. The van der Waals surface area contributed by atoms with Crippen LogP contribution >= 0.6 is 11.3 Å². The maximum absolute atomic E-state index is 12.5. The Kier molecular flexibility index (Phi) is 6.40. The van der Waals surface area contributed by atoms with Gasteiger partial charge in [0, 0.05) is 12.1 Å². The van der Waals surface area contributed by atoms with Crippen LogP contribution in [0.25, 0.3) is 21.7 Å². The predicted molar refractivity (Wildman–Crippen MR) is 109 cm³/mol. The maximum atomic E-state index is 12.5. The van der Waals surface area contributed by atoms with E-state index >= 15 is 0 Å². The molecule has 1 atom stereocenters. The fraction of sp³-hybridized carbons (Fsp3) is 0.381. The Morgan fingerprint density at radius 3 is 2.85 bits per heavy atom. The van der Waals surface area contributed by atoms with E-state index in [1.807, 2.05) is 17.5 Å². The Hall–Kier alpha value is -2.47. The molecule has 1 unspecified atom stereocenters. The summed E-state index contributed by atoms with van der Waals surface area (Å²) in [5.41, 5.74) is 0.499. The average Bonchev–Trinajstić information content (AvgIpc) is 3.22. The molecule has 0 aliphatic rings. The first-order valence-corrected chi connectivity index (χ1v) is 10.3. The molecule has 1 N–H and O–H groups in total. The lowest BCUT2D eigenvalue weighted by molar-refractivity contribution is 0.0946. The molecule has 27 heavy (non-hydrogen) atoms. The van der Waals surface area contributed by atoms with E-state index in [9.17, 15) is 9.59 Å². The van der Waals surface area contributed by atoms with Gasteiger partial charge in [-0.05, 0) is 42.0 Å². The average molecular weight is 385 g/mol. The Balaban J connectivity index is 1.78. The Labute approximate surface area is 162 Å². The summed E-state index contributed by atoms with van der Waals surface area (Å²) >= 11 is 1.46. The topological polar surface area (TPSA) is 72.2 Å². The quantitative estimate of drug-likeness (QED) is 0.602. The van der Waals surface area contributed by atoms with Crippen LogP contribution in [0.3, 0.4) is 0 Å². The molecular weight excluding hydrogens is 360 g/mol. The molecule has 0 radical (unpaired) electrons. The summed E-state index contributed by atoms with van der Waals surface area (Å²) in [5, 5.41) is 5.21. The number of hydrogen-bond donors (Lipinski definition) is 1. The van der Waals surface area contributed by atoms with Gasteiger partial charge in [-0.15, -0.1) is 11.3 Å². The van der Waals surface area contributed by atoms with E-state index in [0.717, 1.165) is 24.1 Å². The molecule has 0 saturated heterocycles. The SMILES string of the molecule is CCCCC(CC)CNC(=O)c1ccc2nc(-c3cccs3)oc(=O)c2c1. The standard InChI is InChI=1S/C21H24N2O3S/c1-3-5-7-14(4-2)13-22-19(24)15-9-10-17-16(12-15)21(25)26-20(23-17)18-8-6-11-27-18/h6,8-12,14H,3-5,7,13H2,1-2H3,(H,22,24). The number of hydrogen-bond acceptors (Lipinski definition) is 5. The van der Waals surface area contributed by atoms with Gasteiger partial charge in [-0.25, -0.2) is 9.78 Å². The van der Waals surface area contributed by atoms with Crippen LogP contribution in [-0.2, 0) is 0 Å². The van der Waals surface area contributed by atoms with Gasteiger partial charge in [0.1, 0.15) is 0 Å². The Morgan fingerprint density at radius 2 is 2.15 bits per heavy atom. The molecule has 0 saturated carbocycles. The van der Waals surface area contributed by atoms with Crippen molar-refractivity contribution >= 4 is 28.1 Å². The van der Waals surface area contributed by atoms with Gasteiger partial charge in [0.2, 0.25) is 5.89 Å². The van der Waals surface area contributed by atoms with Crippen LogP contribution in [-0.4, -0.2) is 17.4 Å². The molecule has 3 aromatic rings. The molecule has 2 heterocycles. The second-order valence-electron chi connectivity index (χ2n) is 6.64. The highest BCUT2D eigenvalue weighted by molar-refractivity contribution is 7.13. The molecule has 1 aromatic carbocycles. The zero-order valence-corrected chi connectivity index (χ0v) is 16.5. The van der Waals surface area contributed by atoms with Gasteiger partial charge in [0.25, 0.3) is 5.91 Å². The number of aromatic nitrogens is 1. The largest absolute Gasteiger partial charge is 0.402 e. The third-order valence-corrected chi connectivity index (χ3v) is 5.57. The highest BCUT2D eigenvalue weighted by Gasteiger charge is 2.14. The summed E-state index contributed by atoms with van der Waals surface area (Å²) in [6.45, 7) is 4.96. The third-order valence-electron chi connectivity index (χ3n) is 4.72. The van der Waals surface area contributed by atoms with Gasteiger partial charge < -0.3 is 9.73 Å². The van der Waals surface area contributed by atoms with E-state index in [4.69, 9.17) is 4.42 Å². The monoisotopic (exact) mass is 384 g/mol. The first kappa shape index (κ1) is 19.3. The van der Waals surface area contributed by atoms with Gasteiger partial charge >= 0.3 is 5.63 Å². The van der Waals surface area contributed by atoms with E-state index in [0.29, 0.717) is 34.8 Å². The molecule has 5 nitrogen and oxygen atoms in total. The van der Waals surface area contributed by atoms with Gasteiger partial charge in [-0.2, -0.15) is 0 Å². The minimum absolute atomic E-state index is 0.173. The maximum Gasteiger partial charge on any atom is 0.347 e. The fourth-order valence-corrected chi connectivity index (χ4v) is 3.65. The van der Waals surface area contributed by atoms with E-state index in [1.165, 1.54) is 17.8 Å². The van der Waals surface area contributed by atoms with Crippen LogP contribution in [0, 0.1) is 5.92 Å². The number of carbonyl (C=O) groups excluding carboxylic acids is 1. The van der Waals surface area contributed by atoms with Crippen molar-refractivity contribution in [1.29, 1.82) is 0 Å². The molecule has 0 aliphatic heterocycles. The minimum Gasteiger partial charge on any atom is -0.402 e. The van der Waals surface area contributed by atoms with Crippen molar-refractivity contribution in [3.8, 4) is 10.8 Å². The van der Waals surface area contributed by atoms with Crippen molar-refractivity contribution < 1.29 is 9.21 Å². The molecule has 3 rings (SSSR count). The number of unbranched alkanes of at least 4 members (excludes halogenated alkanes) is 1. The summed E-state index contributed by atoms with van der Waals surface area (Å²) in [6.07, 6.45) is 4.48. The van der Waals surface area contributed by atoms with E-state index in [2.05, 4.69) is 24.1 Å². The number of rotatable bonds is 8. The van der Waals surface area contributed by atoms with E-state index in [-0.39, 0.29) is 5.91 Å². The summed E-state index contributed by atoms with van der Waals surface area (Å²) in [4.78, 5) is 30.1. The van der Waals surface area contributed by atoms with Gasteiger partial charge in [0.15, 0.2) is 0 Å². The molecule has 0 aliphatic carbocycles. The van der Waals surface area contributed by atoms with Crippen LogP contribution in [0.4, 0.5) is 0 Å². The summed E-state index contributed by atoms with van der Waals surface area (Å²) in [5.74, 6) is 0.615. The number of benzene rings is 1. The van der Waals surface area contributed by atoms with Gasteiger partial charge in [-0.1, -0.05) is 39.2 Å². The number of carbonyl (C=O) groups is 1. The van der Waals surface area contributed by atoms with Crippen LogP contribution in [0.15, 0.2) is 44.9 Å². The lowest BCUT2D eigenvalue weighted by Gasteiger charge is -2.15. The van der Waals surface area contributed by atoms with E-state index in [1.54, 1.807) is 18.2 Å². The van der Waals surface area contributed by atoms with Gasteiger partial charge in [-0.3, -0.25) is 4.79 Å². The smallest absolute Gasteiger partial charge is 0.347 e. The summed E-state index contributed by atoms with van der Waals surface area (Å²) in [7, 11) is 0. The second-order valence-corrected chi connectivity index (χ2v) is 7.59. The summed E-state index contributed by atoms with van der Waals surface area (Å²) in [6, 6.07) is 8.70. The Morgan fingerprint density at radius 1 is 1.30 bits per heavy atom. The number of thiophene rings is 1. The highest BCUT2D eigenvalue weighted by atomic mass is 32.1. The number of nitrogens with one attached hydrogen (secondary N) is 1. The van der Waals surface area contributed by atoms with Crippen molar-refractivity contribution in [2.45, 2.75) is 39.5 Å². The molecule has 1 amide bonds. The van der Waals surface area contributed by atoms with Crippen LogP contribution in [0.5, 0.6) is 0 Å². The number of fused-ring (bicyclic) bond motifs is 1. The summed E-state index contributed by atoms with van der Waals surface area (Å²) < 4.78 is 5.34. The van der Waals surface area contributed by atoms with Crippen molar-refractivity contribution in [3.63, 3.8) is 0 Å². The van der Waals surface area contributed by atoms with E-state index < -0.39 is 5.63 Å². The van der Waals surface area contributed by atoms with Crippen LogP contribution in [0.2, 0.25) is 0 Å². The molecule has 0 bridgehead atoms. The molecule has 6 heteroatoms. The highest BCUT2D eigenvalue weighted by Crippen LogP contribution is 2.23. The molecule has 0 fully saturated rings. The first-order chi connectivity index (χ1) is 13.1. The Bertz CT molecular complexity index is 963. The van der Waals surface area contributed by atoms with Crippen molar-refractivity contribution in [2.24, 2.45) is 5.92 Å². The van der Waals surface area contributed by atoms with Crippen LogP contribution < -0.4 is 10.9 Å². The number of amides is 1. The minimum atomic E-state index is -0.479. The normalized spacial score (nSPS) is 12.2. The fourth-order valence-electron chi connectivity index (χ4n) is 3.00. The molecule has 142 valence electrons. The number of nitrogens with zero attached hydrogens (tertiary/aromatic N) is 1. The lowest BCUT2D eigenvalue weighted by Crippen LogP contribution is -2.29. The van der Waals surface area contributed by atoms with Crippen molar-refractivity contribution in [2.75, 3.05) is 6.54 Å². The lowest BCUT2D eigenvalue weighted by atomic mass is 9.99. The first-order valence-electron chi connectivity index (χ1n) is 9.39. The predicted octanol–water partition coefficient (Wildman–Crippen LogP) is 4.86. The molecular formula is C21H24N2O3S. The zero-order valence-electron chi connectivity index (χ0n) is 15.7. The van der Waals surface area contributed by atoms with Crippen molar-refractivity contribution in [1.82, 2.24) is 10.3 Å². The zero-order chi connectivity index (χ0) is 19.2. The van der Waals surface area contributed by atoms with Crippen LogP contribution in [0.1, 0.15) is 49.9 Å². The third kappa shape index (κ3) is 4.63. The van der Waals surface area contributed by atoms with Gasteiger partial charge in [0.05, 0.1) is 15.8 Å².